The molecule has 2 aromatic heterocycles. The van der Waals surface area contributed by atoms with Crippen LogP contribution in [0.4, 0.5) is 5.82 Å². The molecule has 3 rings (SSSR count). The molecule has 0 aliphatic heterocycles. The minimum absolute atomic E-state index is 0.0567. The van der Waals surface area contributed by atoms with Gasteiger partial charge in [0.1, 0.15) is 0 Å². The van der Waals surface area contributed by atoms with Crippen molar-refractivity contribution < 1.29 is 4.79 Å². The second-order valence-electron chi connectivity index (χ2n) is 4.40. The van der Waals surface area contributed by atoms with E-state index in [4.69, 9.17) is 0 Å². The molecular formula is C15H14N4O. The van der Waals surface area contributed by atoms with Crippen LogP contribution in [0.2, 0.25) is 0 Å². The van der Waals surface area contributed by atoms with Gasteiger partial charge in [-0.25, -0.2) is 4.98 Å². The zero-order valence-corrected chi connectivity index (χ0v) is 11.1. The average Bonchev–Trinajstić information content (AvgIpc) is 2.90. The zero-order chi connectivity index (χ0) is 13.9. The summed E-state index contributed by atoms with van der Waals surface area (Å²) in [5.41, 5.74) is 2.56. The summed E-state index contributed by atoms with van der Waals surface area (Å²) in [7, 11) is 0. The van der Waals surface area contributed by atoms with Crippen molar-refractivity contribution in [1.29, 1.82) is 0 Å². The summed E-state index contributed by atoms with van der Waals surface area (Å²) in [6.07, 6.45) is 2.04. The standard InChI is InChI=1S/C15H14N4O/c1-2-15(20)17-14-10-16-13-9-8-12(18-19(13)14)11-6-4-3-5-7-11/h3-10H,2H2,1H3,(H,17,20). The van der Waals surface area contributed by atoms with Gasteiger partial charge in [-0.05, 0) is 12.1 Å². The molecule has 0 fully saturated rings. The van der Waals surface area contributed by atoms with E-state index in [2.05, 4.69) is 15.4 Å². The number of benzene rings is 1. The summed E-state index contributed by atoms with van der Waals surface area (Å²) in [4.78, 5) is 15.7. The number of anilines is 1. The normalized spacial score (nSPS) is 10.7. The first kappa shape index (κ1) is 12.3. The third kappa shape index (κ3) is 2.25. The number of hydrogen-bond donors (Lipinski definition) is 1. The highest BCUT2D eigenvalue weighted by Gasteiger charge is 2.08. The fraction of sp³-hybridized carbons (Fsp3) is 0.133. The molecule has 0 saturated heterocycles. The van der Waals surface area contributed by atoms with Crippen LogP contribution in [0.15, 0.2) is 48.7 Å². The largest absolute Gasteiger partial charge is 0.309 e. The van der Waals surface area contributed by atoms with Crippen molar-refractivity contribution in [3.8, 4) is 11.3 Å². The van der Waals surface area contributed by atoms with Crippen LogP contribution in [-0.2, 0) is 4.79 Å². The summed E-state index contributed by atoms with van der Waals surface area (Å²) >= 11 is 0. The van der Waals surface area contributed by atoms with Gasteiger partial charge in [0.15, 0.2) is 11.5 Å². The first-order valence-electron chi connectivity index (χ1n) is 6.48. The van der Waals surface area contributed by atoms with Gasteiger partial charge in [0.05, 0.1) is 11.9 Å². The number of hydrogen-bond acceptors (Lipinski definition) is 3. The summed E-state index contributed by atoms with van der Waals surface area (Å²) in [5.74, 6) is 0.531. The average molecular weight is 266 g/mol. The molecule has 0 aliphatic rings. The van der Waals surface area contributed by atoms with Gasteiger partial charge in [-0.2, -0.15) is 9.61 Å². The van der Waals surface area contributed by atoms with E-state index in [0.717, 1.165) is 11.3 Å². The molecule has 0 atom stereocenters. The third-order valence-corrected chi connectivity index (χ3v) is 3.02. The Labute approximate surface area is 116 Å². The highest BCUT2D eigenvalue weighted by molar-refractivity contribution is 5.89. The van der Waals surface area contributed by atoms with Gasteiger partial charge in [-0.3, -0.25) is 4.79 Å². The number of carbonyl (C=O) groups excluding carboxylic acids is 1. The van der Waals surface area contributed by atoms with Crippen LogP contribution in [0.3, 0.4) is 0 Å². The van der Waals surface area contributed by atoms with E-state index < -0.39 is 0 Å². The lowest BCUT2D eigenvalue weighted by Crippen LogP contribution is -2.12. The van der Waals surface area contributed by atoms with Crippen molar-refractivity contribution in [3.05, 3.63) is 48.7 Å². The van der Waals surface area contributed by atoms with Gasteiger partial charge >= 0.3 is 0 Å². The summed E-state index contributed by atoms with van der Waals surface area (Å²) in [6.45, 7) is 1.81. The molecule has 0 aliphatic carbocycles. The van der Waals surface area contributed by atoms with Crippen LogP contribution >= 0.6 is 0 Å². The lowest BCUT2D eigenvalue weighted by atomic mass is 10.1. The Morgan fingerprint density at radius 1 is 1.20 bits per heavy atom. The molecule has 3 aromatic rings. The molecule has 0 unspecified atom stereocenters. The molecule has 0 saturated carbocycles. The Kier molecular flexibility index (Phi) is 3.16. The summed E-state index contributed by atoms with van der Waals surface area (Å²) < 4.78 is 1.65. The highest BCUT2D eigenvalue weighted by atomic mass is 16.1. The van der Waals surface area contributed by atoms with Gasteiger partial charge in [-0.1, -0.05) is 37.3 Å². The first-order valence-corrected chi connectivity index (χ1v) is 6.48. The predicted molar refractivity (Wildman–Crippen MR) is 77.3 cm³/mol. The molecule has 20 heavy (non-hydrogen) atoms. The van der Waals surface area contributed by atoms with Crippen molar-refractivity contribution in [3.63, 3.8) is 0 Å². The van der Waals surface area contributed by atoms with E-state index in [1.54, 1.807) is 17.6 Å². The van der Waals surface area contributed by atoms with Gasteiger partial charge in [0, 0.05) is 12.0 Å². The smallest absolute Gasteiger partial charge is 0.225 e. The minimum atomic E-state index is -0.0567. The quantitative estimate of drug-likeness (QED) is 0.793. The maximum Gasteiger partial charge on any atom is 0.225 e. The summed E-state index contributed by atoms with van der Waals surface area (Å²) in [6, 6.07) is 13.7. The molecular weight excluding hydrogens is 252 g/mol. The predicted octanol–water partition coefficient (Wildman–Crippen LogP) is 2.74. The maximum atomic E-state index is 11.5. The van der Waals surface area contributed by atoms with Gasteiger partial charge in [-0.15, -0.1) is 0 Å². The lowest BCUT2D eigenvalue weighted by Gasteiger charge is -2.05. The topological polar surface area (TPSA) is 59.3 Å². The molecule has 1 N–H and O–H groups in total. The van der Waals surface area contributed by atoms with Crippen molar-refractivity contribution in [2.24, 2.45) is 0 Å². The zero-order valence-electron chi connectivity index (χ0n) is 11.1. The Morgan fingerprint density at radius 3 is 2.75 bits per heavy atom. The molecule has 0 spiro atoms. The van der Waals surface area contributed by atoms with Crippen molar-refractivity contribution in [1.82, 2.24) is 14.6 Å². The Hall–Kier alpha value is -2.69. The summed E-state index contributed by atoms with van der Waals surface area (Å²) in [5, 5.41) is 7.32. The molecule has 0 radical (unpaired) electrons. The second-order valence-corrected chi connectivity index (χ2v) is 4.40. The second kappa shape index (κ2) is 5.13. The molecule has 5 heteroatoms. The molecule has 1 aromatic carbocycles. The maximum absolute atomic E-state index is 11.5. The van der Waals surface area contributed by atoms with E-state index in [9.17, 15) is 4.79 Å². The number of aromatic nitrogens is 3. The molecule has 2 heterocycles. The van der Waals surface area contributed by atoms with E-state index in [-0.39, 0.29) is 5.91 Å². The Balaban J connectivity index is 2.05. The van der Waals surface area contributed by atoms with E-state index in [1.807, 2.05) is 42.5 Å². The van der Waals surface area contributed by atoms with E-state index in [0.29, 0.717) is 17.9 Å². The number of imidazole rings is 1. The van der Waals surface area contributed by atoms with Gasteiger partial charge < -0.3 is 5.32 Å². The SMILES string of the molecule is CCC(=O)Nc1cnc2ccc(-c3ccccc3)nn12. The van der Waals surface area contributed by atoms with Crippen LogP contribution in [0, 0.1) is 0 Å². The van der Waals surface area contributed by atoms with Crippen LogP contribution in [0.25, 0.3) is 16.9 Å². The van der Waals surface area contributed by atoms with E-state index >= 15 is 0 Å². The Bertz CT molecular complexity index is 749. The fourth-order valence-corrected chi connectivity index (χ4v) is 1.95. The van der Waals surface area contributed by atoms with Crippen LogP contribution in [0.1, 0.15) is 13.3 Å². The van der Waals surface area contributed by atoms with Crippen LogP contribution in [-0.4, -0.2) is 20.5 Å². The van der Waals surface area contributed by atoms with Crippen LogP contribution in [0.5, 0.6) is 0 Å². The number of nitrogens with zero attached hydrogens (tertiary/aromatic N) is 3. The highest BCUT2D eigenvalue weighted by Crippen LogP contribution is 2.18. The van der Waals surface area contributed by atoms with Crippen molar-refractivity contribution in [2.75, 3.05) is 5.32 Å². The fourth-order valence-electron chi connectivity index (χ4n) is 1.95. The third-order valence-electron chi connectivity index (χ3n) is 3.02. The molecule has 1 amide bonds. The van der Waals surface area contributed by atoms with E-state index in [1.165, 1.54) is 0 Å². The number of amides is 1. The van der Waals surface area contributed by atoms with Gasteiger partial charge in [0.2, 0.25) is 5.91 Å². The first-order chi connectivity index (χ1) is 9.78. The van der Waals surface area contributed by atoms with Gasteiger partial charge in [0.25, 0.3) is 0 Å². The lowest BCUT2D eigenvalue weighted by molar-refractivity contribution is -0.115. The van der Waals surface area contributed by atoms with Crippen molar-refractivity contribution in [2.45, 2.75) is 13.3 Å². The minimum Gasteiger partial charge on any atom is -0.309 e. The number of carbonyl (C=O) groups is 1. The molecule has 5 nitrogen and oxygen atoms in total. The molecule has 100 valence electrons. The Morgan fingerprint density at radius 2 is 2.00 bits per heavy atom. The number of fused-ring (bicyclic) bond motifs is 1. The van der Waals surface area contributed by atoms with Crippen molar-refractivity contribution >= 4 is 17.4 Å². The number of nitrogens with one attached hydrogen (secondary N) is 1. The molecule has 0 bridgehead atoms. The number of rotatable bonds is 3. The monoisotopic (exact) mass is 266 g/mol. The van der Waals surface area contributed by atoms with Crippen LogP contribution < -0.4 is 5.32 Å².